The molecule has 0 bridgehead atoms. The molecule has 1 aliphatic rings. The Morgan fingerprint density at radius 3 is 2.36 bits per heavy atom. The van der Waals surface area contributed by atoms with Gasteiger partial charge in [-0.3, -0.25) is 9.59 Å². The van der Waals surface area contributed by atoms with Gasteiger partial charge in [0.25, 0.3) is 5.91 Å². The van der Waals surface area contributed by atoms with Crippen molar-refractivity contribution in [2.24, 2.45) is 0 Å². The zero-order chi connectivity index (χ0) is 26.5. The maximum atomic E-state index is 13.9. The molecule has 2 atom stereocenters. The number of hydrogen-bond acceptors (Lipinski definition) is 5. The van der Waals surface area contributed by atoms with Gasteiger partial charge in [-0.1, -0.05) is 42.3 Å². The van der Waals surface area contributed by atoms with Crippen LogP contribution in [0.1, 0.15) is 56.3 Å². The SMILES string of the molecule is C#Cc1ccccc1C(C(=O)Nc1ccccc1C)N(C(=O)C(CS)NC(=O)OC(C)(C)C)C1CC1. The standard InChI is InChI=1S/C28H33N3O4S/c1-6-19-12-8-9-13-21(19)24(25(32)29-22-14-10-7-11-18(22)2)31(20-15-16-20)26(33)23(17-36)30-27(34)35-28(3,4)5/h1,7-14,20,23-24,36H,15-17H2,2-5H3,(H,29,32)(H,30,34). The molecule has 0 aromatic heterocycles. The first-order valence-electron chi connectivity index (χ1n) is 11.9. The second-order valence-corrected chi connectivity index (χ2v) is 10.2. The lowest BCUT2D eigenvalue weighted by Gasteiger charge is -2.35. The molecule has 0 heterocycles. The lowest BCUT2D eigenvalue weighted by atomic mass is 9.97. The fraction of sp³-hybridized carbons (Fsp3) is 0.393. The van der Waals surface area contributed by atoms with Crippen LogP contribution in [0.4, 0.5) is 10.5 Å². The number of para-hydroxylation sites is 1. The summed E-state index contributed by atoms with van der Waals surface area (Å²) < 4.78 is 5.34. The van der Waals surface area contributed by atoms with Crippen LogP contribution in [0.15, 0.2) is 48.5 Å². The zero-order valence-corrected chi connectivity index (χ0v) is 22.0. The first-order chi connectivity index (χ1) is 17.1. The minimum absolute atomic E-state index is 0.0320. The normalized spacial score (nSPS) is 14.7. The third kappa shape index (κ3) is 6.82. The number of carbonyl (C=O) groups excluding carboxylic acids is 3. The van der Waals surface area contributed by atoms with Crippen LogP contribution in [0, 0.1) is 19.3 Å². The zero-order valence-electron chi connectivity index (χ0n) is 21.1. The van der Waals surface area contributed by atoms with Crippen molar-refractivity contribution in [3.63, 3.8) is 0 Å². The van der Waals surface area contributed by atoms with E-state index in [2.05, 4.69) is 29.2 Å². The highest BCUT2D eigenvalue weighted by Gasteiger charge is 2.44. The summed E-state index contributed by atoms with van der Waals surface area (Å²) in [6.07, 6.45) is 6.53. The smallest absolute Gasteiger partial charge is 0.408 e. The third-order valence-electron chi connectivity index (χ3n) is 5.71. The van der Waals surface area contributed by atoms with Gasteiger partial charge in [0, 0.05) is 23.0 Å². The number of thiol groups is 1. The highest BCUT2D eigenvalue weighted by Crippen LogP contribution is 2.37. The van der Waals surface area contributed by atoms with E-state index in [4.69, 9.17) is 11.2 Å². The lowest BCUT2D eigenvalue weighted by Crippen LogP contribution is -2.54. The third-order valence-corrected chi connectivity index (χ3v) is 6.07. The number of rotatable bonds is 8. The van der Waals surface area contributed by atoms with Crippen molar-refractivity contribution in [1.82, 2.24) is 10.2 Å². The number of nitrogens with one attached hydrogen (secondary N) is 2. The fourth-order valence-corrected chi connectivity index (χ4v) is 4.13. The van der Waals surface area contributed by atoms with E-state index in [-0.39, 0.29) is 17.7 Å². The molecular formula is C28H33N3O4S. The van der Waals surface area contributed by atoms with Crippen molar-refractivity contribution in [3.05, 3.63) is 65.2 Å². The molecule has 2 unspecified atom stereocenters. The predicted octanol–water partition coefficient (Wildman–Crippen LogP) is 4.47. The van der Waals surface area contributed by atoms with Gasteiger partial charge in [-0.25, -0.2) is 4.79 Å². The Labute approximate surface area is 218 Å². The number of carbonyl (C=O) groups is 3. The average molecular weight is 508 g/mol. The van der Waals surface area contributed by atoms with Gasteiger partial charge in [-0.05, 0) is 63.8 Å². The van der Waals surface area contributed by atoms with Crippen LogP contribution in [-0.4, -0.2) is 46.2 Å². The van der Waals surface area contributed by atoms with E-state index in [0.717, 1.165) is 18.4 Å². The second-order valence-electron chi connectivity index (χ2n) is 9.80. The number of nitrogens with zero attached hydrogens (tertiary/aromatic N) is 1. The van der Waals surface area contributed by atoms with Gasteiger partial charge in [0.1, 0.15) is 17.7 Å². The van der Waals surface area contributed by atoms with Crippen molar-refractivity contribution >= 4 is 36.2 Å². The number of ether oxygens (including phenoxy) is 1. The number of hydrogen-bond donors (Lipinski definition) is 3. The van der Waals surface area contributed by atoms with Gasteiger partial charge >= 0.3 is 6.09 Å². The monoisotopic (exact) mass is 507 g/mol. The molecule has 2 N–H and O–H groups in total. The number of amides is 3. The summed E-state index contributed by atoms with van der Waals surface area (Å²) in [5.74, 6) is 1.86. The molecule has 1 saturated carbocycles. The number of terminal acetylenes is 1. The van der Waals surface area contributed by atoms with Crippen LogP contribution < -0.4 is 10.6 Å². The van der Waals surface area contributed by atoms with E-state index >= 15 is 0 Å². The molecule has 3 rings (SSSR count). The van der Waals surface area contributed by atoms with E-state index in [1.807, 2.05) is 25.1 Å². The summed E-state index contributed by atoms with van der Waals surface area (Å²) in [6, 6.07) is 12.3. The topological polar surface area (TPSA) is 87.7 Å². The van der Waals surface area contributed by atoms with Gasteiger partial charge in [0.2, 0.25) is 5.91 Å². The quantitative estimate of drug-likeness (QED) is 0.363. The summed E-state index contributed by atoms with van der Waals surface area (Å²) in [5.41, 5.74) is 1.86. The molecule has 0 aliphatic heterocycles. The van der Waals surface area contributed by atoms with E-state index in [1.165, 1.54) is 0 Å². The Kier molecular flexibility index (Phi) is 8.70. The van der Waals surface area contributed by atoms with Gasteiger partial charge in [-0.2, -0.15) is 12.6 Å². The van der Waals surface area contributed by atoms with Crippen molar-refractivity contribution in [2.45, 2.75) is 64.3 Å². The van der Waals surface area contributed by atoms with Crippen LogP contribution in [0.2, 0.25) is 0 Å². The van der Waals surface area contributed by atoms with E-state index in [9.17, 15) is 14.4 Å². The maximum Gasteiger partial charge on any atom is 0.408 e. The minimum Gasteiger partial charge on any atom is -0.444 e. The van der Waals surface area contributed by atoms with Crippen LogP contribution in [0.25, 0.3) is 0 Å². The molecule has 0 saturated heterocycles. The van der Waals surface area contributed by atoms with Gasteiger partial charge < -0.3 is 20.3 Å². The van der Waals surface area contributed by atoms with Gasteiger partial charge in [-0.15, -0.1) is 6.42 Å². The molecule has 3 amide bonds. The molecule has 0 radical (unpaired) electrons. The molecule has 8 heteroatoms. The minimum atomic E-state index is -1.00. The number of aryl methyl sites for hydroxylation is 1. The first kappa shape index (κ1) is 27.2. The highest BCUT2D eigenvalue weighted by atomic mass is 32.1. The summed E-state index contributed by atoms with van der Waals surface area (Å²) in [4.78, 5) is 41.7. The number of anilines is 1. The Balaban J connectivity index is 2.00. The maximum absolute atomic E-state index is 13.9. The van der Waals surface area contributed by atoms with Crippen LogP contribution in [0.3, 0.4) is 0 Å². The Morgan fingerprint density at radius 1 is 1.14 bits per heavy atom. The molecule has 190 valence electrons. The molecule has 36 heavy (non-hydrogen) atoms. The summed E-state index contributed by atoms with van der Waals surface area (Å²) >= 11 is 4.31. The largest absolute Gasteiger partial charge is 0.444 e. The lowest BCUT2D eigenvalue weighted by molar-refractivity contribution is -0.141. The molecule has 1 fully saturated rings. The molecule has 7 nitrogen and oxygen atoms in total. The van der Waals surface area contributed by atoms with Gasteiger partial charge in [0.15, 0.2) is 0 Å². The van der Waals surface area contributed by atoms with Crippen LogP contribution in [0.5, 0.6) is 0 Å². The molecule has 1 aliphatic carbocycles. The van der Waals surface area contributed by atoms with Crippen LogP contribution in [-0.2, 0) is 14.3 Å². The summed E-state index contributed by atoms with van der Waals surface area (Å²) in [5, 5.41) is 5.59. The summed E-state index contributed by atoms with van der Waals surface area (Å²) in [7, 11) is 0. The fourth-order valence-electron chi connectivity index (χ4n) is 3.88. The van der Waals surface area contributed by atoms with Crippen LogP contribution >= 0.6 is 12.6 Å². The van der Waals surface area contributed by atoms with Crippen molar-refractivity contribution < 1.29 is 19.1 Å². The predicted molar refractivity (Wildman–Crippen MR) is 144 cm³/mol. The van der Waals surface area contributed by atoms with E-state index < -0.39 is 29.7 Å². The molecule has 2 aromatic carbocycles. The molecule has 2 aromatic rings. The van der Waals surface area contributed by atoms with Crippen molar-refractivity contribution in [1.29, 1.82) is 0 Å². The average Bonchev–Trinajstić information content (AvgIpc) is 3.66. The number of alkyl carbamates (subject to hydrolysis) is 1. The molecule has 0 spiro atoms. The number of benzene rings is 2. The second kappa shape index (κ2) is 11.5. The molecular weight excluding hydrogens is 474 g/mol. The van der Waals surface area contributed by atoms with E-state index in [0.29, 0.717) is 16.8 Å². The van der Waals surface area contributed by atoms with E-state index in [1.54, 1.807) is 56.0 Å². The Bertz CT molecular complexity index is 1160. The first-order valence-corrected chi connectivity index (χ1v) is 12.5. The van der Waals surface area contributed by atoms with Gasteiger partial charge in [0.05, 0.1) is 0 Å². The highest BCUT2D eigenvalue weighted by molar-refractivity contribution is 7.80. The van der Waals surface area contributed by atoms with Crippen molar-refractivity contribution in [2.75, 3.05) is 11.1 Å². The Morgan fingerprint density at radius 2 is 1.78 bits per heavy atom. The summed E-state index contributed by atoms with van der Waals surface area (Å²) in [6.45, 7) is 7.11. The Hall–Kier alpha value is -3.44. The van der Waals surface area contributed by atoms with Crippen molar-refractivity contribution in [3.8, 4) is 12.3 Å².